The molecule has 2 aliphatic rings. The summed E-state index contributed by atoms with van der Waals surface area (Å²) in [5.74, 6) is 0.242. The predicted molar refractivity (Wildman–Crippen MR) is 90.5 cm³/mol. The zero-order valence-electron chi connectivity index (χ0n) is 13.7. The van der Waals surface area contributed by atoms with Crippen molar-refractivity contribution < 1.29 is 9.18 Å². The third kappa shape index (κ3) is 3.11. The third-order valence-electron chi connectivity index (χ3n) is 5.43. The summed E-state index contributed by atoms with van der Waals surface area (Å²) in [6.45, 7) is 0.0986. The molecule has 126 valence electrons. The van der Waals surface area contributed by atoms with Crippen LogP contribution in [-0.4, -0.2) is 55.1 Å². The summed E-state index contributed by atoms with van der Waals surface area (Å²) in [6, 6.07) is 8.40. The molecule has 0 unspecified atom stereocenters. The van der Waals surface area contributed by atoms with Crippen LogP contribution in [0.15, 0.2) is 24.3 Å². The van der Waals surface area contributed by atoms with Crippen molar-refractivity contribution in [1.29, 1.82) is 0 Å². The lowest BCUT2D eigenvalue weighted by atomic mass is 9.75. The van der Waals surface area contributed by atoms with Gasteiger partial charge in [-0.05, 0) is 42.9 Å². The van der Waals surface area contributed by atoms with Crippen LogP contribution in [0.2, 0.25) is 5.02 Å². The molecule has 2 fully saturated rings. The van der Waals surface area contributed by atoms with Crippen LogP contribution in [0.5, 0.6) is 0 Å². The van der Waals surface area contributed by atoms with Gasteiger partial charge in [0.15, 0.2) is 0 Å². The molecule has 1 amide bonds. The van der Waals surface area contributed by atoms with E-state index < -0.39 is 0 Å². The molecule has 2 bridgehead atoms. The minimum atomic E-state index is -0.346. The number of carbonyl (C=O) groups is 1. The second-order valence-electron chi connectivity index (χ2n) is 6.88. The molecule has 0 aromatic heterocycles. The molecule has 4 atom stereocenters. The van der Waals surface area contributed by atoms with Crippen molar-refractivity contribution in [1.82, 2.24) is 9.80 Å². The molecule has 3 rings (SSSR count). The lowest BCUT2D eigenvalue weighted by Crippen LogP contribution is -2.53. The van der Waals surface area contributed by atoms with Crippen molar-refractivity contribution in [3.63, 3.8) is 0 Å². The average molecular weight is 338 g/mol. The van der Waals surface area contributed by atoms with Gasteiger partial charge in [0.25, 0.3) is 0 Å². The van der Waals surface area contributed by atoms with Crippen LogP contribution in [0.1, 0.15) is 30.7 Å². The first kappa shape index (κ1) is 16.7. The van der Waals surface area contributed by atoms with E-state index in [9.17, 15) is 9.18 Å². The van der Waals surface area contributed by atoms with Crippen LogP contribution >= 0.6 is 11.6 Å². The standard InChI is InChI=1S/C18H24ClFN2O/c1-21(2)18(23)17-15(12-3-5-13(19)6-4-12)11-14-7-8-16(17)22(14)10-9-20/h3-6,14-17H,7-11H2,1-2H3/t14-,15+,16+,17-/m0/s1/i20-1. The molecule has 0 spiro atoms. The SMILES string of the molecule is CN(C)C(=O)[C@H]1[C@@H](c2ccc(Cl)cc2)C[C@@H]2CC[C@H]1N2CC[18F]. The predicted octanol–water partition coefficient (Wildman–Crippen LogP) is 3.33. The van der Waals surface area contributed by atoms with Gasteiger partial charge in [-0.2, -0.15) is 0 Å². The van der Waals surface area contributed by atoms with Gasteiger partial charge in [0.2, 0.25) is 5.91 Å². The van der Waals surface area contributed by atoms with Crippen molar-refractivity contribution in [2.75, 3.05) is 27.3 Å². The van der Waals surface area contributed by atoms with Crippen molar-refractivity contribution in [2.45, 2.75) is 37.3 Å². The number of amides is 1. The molecule has 5 heteroatoms. The Labute approximate surface area is 142 Å². The van der Waals surface area contributed by atoms with E-state index in [1.165, 1.54) is 5.56 Å². The highest BCUT2D eigenvalue weighted by Crippen LogP contribution is 2.47. The lowest BCUT2D eigenvalue weighted by molar-refractivity contribution is -0.138. The summed E-state index contributed by atoms with van der Waals surface area (Å²) in [4.78, 5) is 16.8. The van der Waals surface area contributed by atoms with Crippen molar-refractivity contribution in [3.05, 3.63) is 34.9 Å². The maximum absolute atomic E-state index is 13.0. The normalized spacial score (nSPS) is 30.4. The smallest absolute Gasteiger partial charge is 0.227 e. The molecular weight excluding hydrogens is 314 g/mol. The number of carbonyl (C=O) groups excluding carboxylic acids is 1. The molecule has 2 heterocycles. The van der Waals surface area contributed by atoms with Gasteiger partial charge in [0.05, 0.1) is 5.92 Å². The maximum atomic E-state index is 13.0. The van der Waals surface area contributed by atoms with Gasteiger partial charge in [-0.1, -0.05) is 23.7 Å². The zero-order chi connectivity index (χ0) is 16.6. The summed E-state index contributed by atoms with van der Waals surface area (Å²) < 4.78 is 13.0. The van der Waals surface area contributed by atoms with Gasteiger partial charge < -0.3 is 4.90 Å². The molecule has 1 aromatic carbocycles. The van der Waals surface area contributed by atoms with Crippen molar-refractivity contribution in [2.24, 2.45) is 5.92 Å². The van der Waals surface area contributed by atoms with Gasteiger partial charge in [0.1, 0.15) is 6.67 Å². The lowest BCUT2D eigenvalue weighted by Gasteiger charge is -2.44. The van der Waals surface area contributed by atoms with E-state index >= 15 is 0 Å². The van der Waals surface area contributed by atoms with Gasteiger partial charge >= 0.3 is 0 Å². The monoisotopic (exact) mass is 337 g/mol. The van der Waals surface area contributed by atoms with Crippen LogP contribution < -0.4 is 0 Å². The summed E-state index contributed by atoms with van der Waals surface area (Å²) in [6.07, 6.45) is 2.97. The molecule has 2 aliphatic heterocycles. The summed E-state index contributed by atoms with van der Waals surface area (Å²) >= 11 is 6.01. The molecular formula is C18H24ClFN2O. The number of nitrogens with zero attached hydrogens (tertiary/aromatic N) is 2. The Bertz CT molecular complexity index is 563. The van der Waals surface area contributed by atoms with Crippen LogP contribution in [-0.2, 0) is 4.79 Å². The van der Waals surface area contributed by atoms with Gasteiger partial charge in [-0.25, -0.2) is 4.39 Å². The quantitative estimate of drug-likeness (QED) is 0.841. The van der Waals surface area contributed by atoms with E-state index in [0.717, 1.165) is 19.3 Å². The Morgan fingerprint density at radius 2 is 2.00 bits per heavy atom. The van der Waals surface area contributed by atoms with Crippen LogP contribution in [0.25, 0.3) is 0 Å². The molecule has 23 heavy (non-hydrogen) atoms. The van der Waals surface area contributed by atoms with Crippen LogP contribution in [0.4, 0.5) is 4.39 Å². The van der Waals surface area contributed by atoms with E-state index in [1.807, 2.05) is 38.4 Å². The fourth-order valence-corrected chi connectivity index (χ4v) is 4.57. The molecule has 0 aliphatic carbocycles. The van der Waals surface area contributed by atoms with E-state index in [0.29, 0.717) is 17.6 Å². The van der Waals surface area contributed by atoms with Crippen molar-refractivity contribution >= 4 is 17.5 Å². The highest BCUT2D eigenvalue weighted by Gasteiger charge is 2.50. The Morgan fingerprint density at radius 3 is 2.61 bits per heavy atom. The topological polar surface area (TPSA) is 23.6 Å². The number of hydrogen-bond acceptors (Lipinski definition) is 2. The Hall–Kier alpha value is -1.13. The number of benzene rings is 1. The molecule has 0 radical (unpaired) electrons. The van der Waals surface area contributed by atoms with Gasteiger partial charge in [-0.15, -0.1) is 0 Å². The molecule has 2 saturated heterocycles. The van der Waals surface area contributed by atoms with Crippen molar-refractivity contribution in [3.8, 4) is 0 Å². The van der Waals surface area contributed by atoms with Gasteiger partial charge in [-0.3, -0.25) is 9.69 Å². The molecule has 3 nitrogen and oxygen atoms in total. The number of halogens is 2. The highest BCUT2D eigenvalue weighted by atomic mass is 35.5. The first-order valence-electron chi connectivity index (χ1n) is 8.31. The molecule has 0 saturated carbocycles. The number of alkyl halides is 1. The zero-order valence-corrected chi connectivity index (χ0v) is 14.5. The van der Waals surface area contributed by atoms with E-state index in [1.54, 1.807) is 4.90 Å². The maximum Gasteiger partial charge on any atom is 0.227 e. The van der Waals surface area contributed by atoms with E-state index in [2.05, 4.69) is 4.90 Å². The summed E-state index contributed by atoms with van der Waals surface area (Å²) in [5.41, 5.74) is 1.17. The van der Waals surface area contributed by atoms with Gasteiger partial charge in [0, 0.05) is 37.7 Å². The number of fused-ring (bicyclic) bond motifs is 2. The van der Waals surface area contributed by atoms with Crippen LogP contribution in [0.3, 0.4) is 0 Å². The number of piperidine rings is 1. The Balaban J connectivity index is 1.95. The first-order chi connectivity index (χ1) is 11.0. The largest absolute Gasteiger partial charge is 0.349 e. The van der Waals surface area contributed by atoms with E-state index in [-0.39, 0.29) is 30.5 Å². The number of rotatable bonds is 4. The fraction of sp³-hybridized carbons (Fsp3) is 0.611. The number of hydrogen-bond donors (Lipinski definition) is 0. The third-order valence-corrected chi connectivity index (χ3v) is 5.68. The molecule has 0 N–H and O–H groups in total. The Morgan fingerprint density at radius 1 is 1.30 bits per heavy atom. The first-order valence-corrected chi connectivity index (χ1v) is 8.69. The van der Waals surface area contributed by atoms with Crippen LogP contribution in [0, 0.1) is 5.92 Å². The Kier molecular flexibility index (Phi) is 4.93. The summed E-state index contributed by atoms with van der Waals surface area (Å²) in [5, 5.41) is 0.710. The second-order valence-corrected chi connectivity index (χ2v) is 7.31. The fourth-order valence-electron chi connectivity index (χ4n) is 4.45. The summed E-state index contributed by atoms with van der Waals surface area (Å²) in [7, 11) is 3.61. The highest BCUT2D eigenvalue weighted by molar-refractivity contribution is 6.30. The van der Waals surface area contributed by atoms with E-state index in [4.69, 9.17) is 11.6 Å². The minimum Gasteiger partial charge on any atom is -0.349 e. The molecule has 1 aromatic rings. The second kappa shape index (κ2) is 6.78. The minimum absolute atomic E-state index is 0.100. The average Bonchev–Trinajstić information content (AvgIpc) is 2.80.